The molecule has 0 radical (unpaired) electrons. The number of rotatable bonds is 1. The molecule has 1 aromatic carbocycles. The van der Waals surface area contributed by atoms with Gasteiger partial charge in [-0.15, -0.1) is 0 Å². The molecule has 1 aliphatic heterocycles. The van der Waals surface area contributed by atoms with Crippen molar-refractivity contribution in [3.63, 3.8) is 0 Å². The molecule has 0 amide bonds. The third-order valence-corrected chi connectivity index (χ3v) is 4.58. The standard InChI is InChI=1S/C13H10F2N2S/c14-7-1-2-8(10(15)3-7)13-4-9(13)11-5-16-12(18)17(11)6-13/h1-3,5,9H,4,6H2,(H,16,18)/t9-,13+/m0/s1. The Hall–Kier alpha value is -1.49. The Labute approximate surface area is 107 Å². The summed E-state index contributed by atoms with van der Waals surface area (Å²) in [6, 6.07) is 3.87. The summed E-state index contributed by atoms with van der Waals surface area (Å²) >= 11 is 5.19. The van der Waals surface area contributed by atoms with Gasteiger partial charge in [0.1, 0.15) is 11.6 Å². The Morgan fingerprint density at radius 2 is 2.22 bits per heavy atom. The van der Waals surface area contributed by atoms with Crippen LogP contribution in [0.2, 0.25) is 0 Å². The number of benzene rings is 1. The fraction of sp³-hybridized carbons (Fsp3) is 0.308. The lowest BCUT2D eigenvalue weighted by Crippen LogP contribution is -2.14. The van der Waals surface area contributed by atoms with E-state index in [2.05, 4.69) is 4.98 Å². The maximum Gasteiger partial charge on any atom is 0.177 e. The van der Waals surface area contributed by atoms with Crippen molar-refractivity contribution >= 4 is 12.2 Å². The Kier molecular flexibility index (Phi) is 1.79. The van der Waals surface area contributed by atoms with E-state index in [4.69, 9.17) is 12.2 Å². The van der Waals surface area contributed by atoms with E-state index in [1.807, 2.05) is 10.8 Å². The van der Waals surface area contributed by atoms with E-state index >= 15 is 0 Å². The first-order valence-electron chi connectivity index (χ1n) is 5.85. The van der Waals surface area contributed by atoms with Crippen LogP contribution in [0.3, 0.4) is 0 Å². The van der Waals surface area contributed by atoms with Crippen LogP contribution in [0.4, 0.5) is 8.78 Å². The largest absolute Gasteiger partial charge is 0.337 e. The lowest BCUT2D eigenvalue weighted by molar-refractivity contribution is 0.519. The van der Waals surface area contributed by atoms with Crippen LogP contribution < -0.4 is 0 Å². The second kappa shape index (κ2) is 3.09. The molecule has 2 aromatic rings. The number of nitrogens with zero attached hydrogens (tertiary/aromatic N) is 1. The van der Waals surface area contributed by atoms with E-state index in [1.165, 1.54) is 6.07 Å². The van der Waals surface area contributed by atoms with Gasteiger partial charge in [-0.05, 0) is 30.3 Å². The molecular weight excluding hydrogens is 254 g/mol. The number of hydrogen-bond donors (Lipinski definition) is 1. The van der Waals surface area contributed by atoms with Gasteiger partial charge in [0.25, 0.3) is 0 Å². The van der Waals surface area contributed by atoms with Crippen LogP contribution in [0.5, 0.6) is 0 Å². The third kappa shape index (κ3) is 1.13. The normalized spacial score (nSPS) is 28.0. The summed E-state index contributed by atoms with van der Waals surface area (Å²) in [6.07, 6.45) is 2.82. The number of halogens is 2. The monoisotopic (exact) mass is 264 g/mol. The topological polar surface area (TPSA) is 20.7 Å². The second-order valence-corrected chi connectivity index (χ2v) is 5.53. The molecule has 1 N–H and O–H groups in total. The Bertz CT molecular complexity index is 718. The number of nitrogens with one attached hydrogen (secondary N) is 1. The molecule has 0 bridgehead atoms. The fourth-order valence-corrected chi connectivity index (χ4v) is 3.52. The molecule has 18 heavy (non-hydrogen) atoms. The van der Waals surface area contributed by atoms with E-state index < -0.39 is 11.6 Å². The van der Waals surface area contributed by atoms with Crippen molar-refractivity contribution in [2.75, 3.05) is 0 Å². The molecule has 5 heteroatoms. The van der Waals surface area contributed by atoms with Gasteiger partial charge in [-0.2, -0.15) is 0 Å². The van der Waals surface area contributed by atoms with Gasteiger partial charge >= 0.3 is 0 Å². The van der Waals surface area contributed by atoms with Gasteiger partial charge in [0.15, 0.2) is 4.77 Å². The lowest BCUT2D eigenvalue weighted by atomic mass is 9.94. The van der Waals surface area contributed by atoms with Crippen molar-refractivity contribution in [1.29, 1.82) is 0 Å². The molecule has 2 atom stereocenters. The van der Waals surface area contributed by atoms with E-state index in [0.717, 1.165) is 18.2 Å². The van der Waals surface area contributed by atoms with Crippen LogP contribution in [-0.2, 0) is 12.0 Å². The van der Waals surface area contributed by atoms with Crippen LogP contribution in [-0.4, -0.2) is 9.55 Å². The lowest BCUT2D eigenvalue weighted by Gasteiger charge is -2.14. The Morgan fingerprint density at radius 1 is 1.39 bits per heavy atom. The van der Waals surface area contributed by atoms with Crippen LogP contribution >= 0.6 is 12.2 Å². The van der Waals surface area contributed by atoms with Crippen molar-refractivity contribution < 1.29 is 8.78 Å². The maximum atomic E-state index is 13.9. The average molecular weight is 264 g/mol. The van der Waals surface area contributed by atoms with E-state index in [0.29, 0.717) is 22.8 Å². The minimum absolute atomic E-state index is 0.199. The van der Waals surface area contributed by atoms with E-state index in [1.54, 1.807) is 6.07 Å². The van der Waals surface area contributed by atoms with Crippen molar-refractivity contribution in [3.05, 3.63) is 52.1 Å². The van der Waals surface area contributed by atoms with Gasteiger partial charge in [-0.1, -0.05) is 6.07 Å². The van der Waals surface area contributed by atoms with Crippen molar-refractivity contribution in [2.45, 2.75) is 24.3 Å². The van der Waals surface area contributed by atoms with Crippen molar-refractivity contribution in [2.24, 2.45) is 0 Å². The smallest absolute Gasteiger partial charge is 0.177 e. The molecule has 2 nitrogen and oxygen atoms in total. The zero-order chi connectivity index (χ0) is 12.5. The van der Waals surface area contributed by atoms with Crippen LogP contribution in [0.25, 0.3) is 0 Å². The molecule has 2 heterocycles. The number of hydrogen-bond acceptors (Lipinski definition) is 1. The first kappa shape index (κ1) is 10.4. The fourth-order valence-electron chi connectivity index (χ4n) is 3.29. The van der Waals surface area contributed by atoms with Crippen LogP contribution in [0.15, 0.2) is 24.4 Å². The summed E-state index contributed by atoms with van der Waals surface area (Å²) in [4.78, 5) is 3.01. The second-order valence-electron chi connectivity index (χ2n) is 5.14. The van der Waals surface area contributed by atoms with Gasteiger partial charge in [-0.25, -0.2) is 8.78 Å². The number of H-pyrrole nitrogens is 1. The molecule has 92 valence electrons. The SMILES string of the molecule is Fc1ccc([C@]23C[C@H]2c2c[nH]c(=S)n2C3)c(F)c1. The maximum absolute atomic E-state index is 13.9. The summed E-state index contributed by atoms with van der Waals surface area (Å²) < 4.78 is 29.6. The molecule has 1 aromatic heterocycles. The quantitative estimate of drug-likeness (QED) is 0.784. The molecule has 0 unspecified atom stereocenters. The summed E-state index contributed by atoms with van der Waals surface area (Å²) in [6.45, 7) is 0.692. The highest BCUT2D eigenvalue weighted by Gasteiger charge is 2.62. The molecule has 1 aliphatic carbocycles. The molecule has 2 aliphatic rings. The average Bonchev–Trinajstić information content (AvgIpc) is 2.78. The summed E-state index contributed by atoms with van der Waals surface area (Å²) in [5.74, 6) is -0.664. The number of fused-ring (bicyclic) bond motifs is 3. The third-order valence-electron chi connectivity index (χ3n) is 4.24. The molecule has 1 fully saturated rings. The Balaban J connectivity index is 1.84. The van der Waals surface area contributed by atoms with Crippen LogP contribution in [0.1, 0.15) is 23.6 Å². The summed E-state index contributed by atoms with van der Waals surface area (Å²) in [5, 5.41) is 0. The highest BCUT2D eigenvalue weighted by Crippen LogP contribution is 2.65. The van der Waals surface area contributed by atoms with E-state index in [-0.39, 0.29) is 5.41 Å². The van der Waals surface area contributed by atoms with Crippen molar-refractivity contribution in [1.82, 2.24) is 9.55 Å². The van der Waals surface area contributed by atoms with Gasteiger partial charge in [0, 0.05) is 35.8 Å². The Morgan fingerprint density at radius 3 is 2.94 bits per heavy atom. The minimum Gasteiger partial charge on any atom is -0.337 e. The predicted molar refractivity (Wildman–Crippen MR) is 65.0 cm³/mol. The molecule has 1 saturated carbocycles. The van der Waals surface area contributed by atoms with E-state index in [9.17, 15) is 8.78 Å². The van der Waals surface area contributed by atoms with Gasteiger partial charge in [0.2, 0.25) is 0 Å². The number of aromatic amines is 1. The number of aromatic nitrogens is 2. The number of imidazole rings is 1. The van der Waals surface area contributed by atoms with Crippen molar-refractivity contribution in [3.8, 4) is 0 Å². The predicted octanol–water partition coefficient (Wildman–Crippen LogP) is 3.26. The summed E-state index contributed by atoms with van der Waals surface area (Å²) in [7, 11) is 0. The molecule has 0 saturated heterocycles. The molecule has 0 spiro atoms. The molecular formula is C13H10F2N2S. The zero-order valence-corrected chi connectivity index (χ0v) is 10.2. The van der Waals surface area contributed by atoms with Crippen LogP contribution in [0, 0.1) is 16.4 Å². The molecule has 4 rings (SSSR count). The van der Waals surface area contributed by atoms with Gasteiger partial charge < -0.3 is 9.55 Å². The first-order valence-corrected chi connectivity index (χ1v) is 6.26. The first-order chi connectivity index (χ1) is 8.62. The highest BCUT2D eigenvalue weighted by atomic mass is 32.1. The zero-order valence-electron chi connectivity index (χ0n) is 9.41. The van der Waals surface area contributed by atoms with Gasteiger partial charge in [0.05, 0.1) is 0 Å². The summed E-state index contributed by atoms with van der Waals surface area (Å²) in [5.41, 5.74) is 1.56. The minimum atomic E-state index is -0.528. The highest BCUT2D eigenvalue weighted by molar-refractivity contribution is 7.71. The van der Waals surface area contributed by atoms with Gasteiger partial charge in [-0.3, -0.25) is 0 Å².